The Morgan fingerprint density at radius 3 is 2.50 bits per heavy atom. The molecule has 0 amide bonds. The lowest BCUT2D eigenvalue weighted by molar-refractivity contribution is -0.190. The first-order valence-corrected chi connectivity index (χ1v) is 13.1. The minimum Gasteiger partial charge on any atom is -0.490 e. The molecule has 1 aliphatic heterocycles. The molecule has 5 atom stereocenters. The third-order valence-electron chi connectivity index (χ3n) is 7.58. The van der Waals surface area contributed by atoms with Crippen molar-refractivity contribution in [2.75, 3.05) is 26.4 Å². The lowest BCUT2D eigenvalue weighted by Gasteiger charge is -2.54. The van der Waals surface area contributed by atoms with Crippen LogP contribution in [-0.2, 0) is 9.53 Å². The number of rotatable bonds is 14. The van der Waals surface area contributed by atoms with E-state index in [1.165, 1.54) is 0 Å². The number of hydrogen-bond donors (Lipinski definition) is 2. The Labute approximate surface area is 214 Å². The van der Waals surface area contributed by atoms with Gasteiger partial charge in [-0.2, -0.15) is 0 Å². The van der Waals surface area contributed by atoms with Crippen LogP contribution in [0.4, 0.5) is 0 Å². The Kier molecular flexibility index (Phi) is 8.83. The third kappa shape index (κ3) is 5.22. The molecule has 1 aromatic carbocycles. The Hall–Kier alpha value is -2.67. The maximum atomic E-state index is 13.2. The molecule has 194 valence electrons. The molecule has 0 spiro atoms. The zero-order valence-electron chi connectivity index (χ0n) is 20.9. The summed E-state index contributed by atoms with van der Waals surface area (Å²) in [6, 6.07) is 5.86. The second-order valence-corrected chi connectivity index (χ2v) is 9.81. The standard InChI is InChI=1S/C30H38O6/c1-3-17-34-22-11-12-27-25(20-22)28-23(10-6-8-16-32)21(9-5-7-15-31)19-24-26(33)13-14-30(36-27,29(24)28)35-18-4-2/h3-4,11-14,19-21,23,28-29,31-32H,1-2,5-10,15-18H2/t21-,23+,28+,29+,30+/m0/s1. The number of aliphatic hydroxyl groups excluding tert-OH is 2. The lowest BCUT2D eigenvalue weighted by atomic mass is 9.57. The van der Waals surface area contributed by atoms with Crippen LogP contribution >= 0.6 is 0 Å². The van der Waals surface area contributed by atoms with Gasteiger partial charge in [-0.3, -0.25) is 4.79 Å². The van der Waals surface area contributed by atoms with Crippen LogP contribution in [0.3, 0.4) is 0 Å². The van der Waals surface area contributed by atoms with Crippen molar-refractivity contribution in [1.29, 1.82) is 0 Å². The van der Waals surface area contributed by atoms with E-state index in [4.69, 9.17) is 14.2 Å². The Balaban J connectivity index is 1.85. The average Bonchev–Trinajstić information content (AvgIpc) is 2.89. The molecule has 6 nitrogen and oxygen atoms in total. The number of carbonyl (C=O) groups excluding carboxylic acids is 1. The van der Waals surface area contributed by atoms with Gasteiger partial charge >= 0.3 is 0 Å². The highest BCUT2D eigenvalue weighted by atomic mass is 16.7. The quantitative estimate of drug-likeness (QED) is 0.283. The van der Waals surface area contributed by atoms with Crippen LogP contribution in [0.15, 0.2) is 67.3 Å². The van der Waals surface area contributed by atoms with E-state index in [2.05, 4.69) is 19.2 Å². The lowest BCUT2D eigenvalue weighted by Crippen LogP contribution is -2.56. The maximum absolute atomic E-state index is 13.2. The van der Waals surface area contributed by atoms with Gasteiger partial charge in [0.25, 0.3) is 0 Å². The molecule has 0 fully saturated rings. The topological polar surface area (TPSA) is 85.2 Å². The molecular weight excluding hydrogens is 456 g/mol. The highest BCUT2D eigenvalue weighted by Gasteiger charge is 2.58. The van der Waals surface area contributed by atoms with Crippen molar-refractivity contribution >= 4 is 5.78 Å². The smallest absolute Gasteiger partial charge is 0.238 e. The summed E-state index contributed by atoms with van der Waals surface area (Å²) in [5.41, 5.74) is 1.76. The van der Waals surface area contributed by atoms with Crippen LogP contribution in [-0.4, -0.2) is 48.2 Å². The summed E-state index contributed by atoms with van der Waals surface area (Å²) in [5, 5.41) is 18.9. The fraction of sp³-hybridized carbons (Fsp3) is 0.500. The van der Waals surface area contributed by atoms with E-state index >= 15 is 0 Å². The highest BCUT2D eigenvalue weighted by Crippen LogP contribution is 2.59. The number of hydrogen-bond acceptors (Lipinski definition) is 6. The molecule has 1 heterocycles. The summed E-state index contributed by atoms with van der Waals surface area (Å²) in [4.78, 5) is 13.2. The minimum absolute atomic E-state index is 0.00472. The monoisotopic (exact) mass is 494 g/mol. The molecule has 0 aromatic heterocycles. The highest BCUT2D eigenvalue weighted by molar-refractivity contribution is 6.06. The van der Waals surface area contributed by atoms with Gasteiger partial charge < -0.3 is 24.4 Å². The molecule has 0 unspecified atom stereocenters. The number of ketones is 1. The zero-order chi connectivity index (χ0) is 25.5. The molecule has 4 rings (SSSR count). The molecule has 3 aliphatic rings. The van der Waals surface area contributed by atoms with Gasteiger partial charge in [0.2, 0.25) is 5.79 Å². The van der Waals surface area contributed by atoms with Crippen molar-refractivity contribution in [3.05, 3.63) is 72.9 Å². The van der Waals surface area contributed by atoms with Crippen LogP contribution in [0.2, 0.25) is 0 Å². The zero-order valence-corrected chi connectivity index (χ0v) is 20.9. The van der Waals surface area contributed by atoms with Gasteiger partial charge in [0, 0.05) is 30.3 Å². The number of allylic oxidation sites excluding steroid dienone is 2. The number of ether oxygens (including phenoxy) is 3. The number of aliphatic hydroxyl groups is 2. The number of benzene rings is 1. The van der Waals surface area contributed by atoms with E-state index in [1.807, 2.05) is 18.2 Å². The second kappa shape index (κ2) is 12.0. The van der Waals surface area contributed by atoms with Crippen molar-refractivity contribution in [3.8, 4) is 11.5 Å². The largest absolute Gasteiger partial charge is 0.490 e. The maximum Gasteiger partial charge on any atom is 0.238 e. The van der Waals surface area contributed by atoms with Crippen molar-refractivity contribution in [2.45, 2.75) is 50.2 Å². The van der Waals surface area contributed by atoms with Gasteiger partial charge in [0.15, 0.2) is 5.78 Å². The van der Waals surface area contributed by atoms with E-state index in [0.29, 0.717) is 13.2 Å². The van der Waals surface area contributed by atoms with Gasteiger partial charge in [0.05, 0.1) is 12.5 Å². The van der Waals surface area contributed by atoms with Gasteiger partial charge in [-0.15, -0.1) is 6.58 Å². The third-order valence-corrected chi connectivity index (χ3v) is 7.58. The van der Waals surface area contributed by atoms with Crippen molar-refractivity contribution in [2.24, 2.45) is 17.8 Å². The molecule has 2 aliphatic carbocycles. The van der Waals surface area contributed by atoms with Gasteiger partial charge in [0.1, 0.15) is 18.1 Å². The summed E-state index contributed by atoms with van der Waals surface area (Å²) >= 11 is 0. The molecule has 0 bridgehead atoms. The van der Waals surface area contributed by atoms with Crippen LogP contribution in [0.1, 0.15) is 50.0 Å². The van der Waals surface area contributed by atoms with E-state index in [0.717, 1.165) is 61.2 Å². The molecule has 1 aromatic rings. The summed E-state index contributed by atoms with van der Waals surface area (Å²) in [7, 11) is 0. The predicted octanol–water partition coefficient (Wildman–Crippen LogP) is 4.88. The van der Waals surface area contributed by atoms with E-state index in [-0.39, 0.29) is 42.7 Å². The SMILES string of the molecule is C=CCOc1ccc2c(c1)[C@H]1[C@H](CCCCO)[C@@H](CCCCO)C=C3C(=O)C=C[C@@](OCC=C)(O2)[C@H]31. The summed E-state index contributed by atoms with van der Waals surface area (Å²) in [5.74, 6) is 0.414. The summed E-state index contributed by atoms with van der Waals surface area (Å²) in [6.07, 6.45) is 13.9. The van der Waals surface area contributed by atoms with Gasteiger partial charge in [-0.05, 0) is 67.9 Å². The van der Waals surface area contributed by atoms with Crippen LogP contribution < -0.4 is 9.47 Å². The fourth-order valence-electron chi connectivity index (χ4n) is 6.09. The van der Waals surface area contributed by atoms with E-state index in [1.54, 1.807) is 24.3 Å². The Morgan fingerprint density at radius 1 is 1.03 bits per heavy atom. The first-order valence-electron chi connectivity index (χ1n) is 13.1. The first-order chi connectivity index (χ1) is 17.6. The molecule has 6 heteroatoms. The summed E-state index contributed by atoms with van der Waals surface area (Å²) < 4.78 is 18.8. The molecule has 0 saturated heterocycles. The van der Waals surface area contributed by atoms with Crippen LogP contribution in [0.5, 0.6) is 11.5 Å². The molecular formula is C30H38O6. The van der Waals surface area contributed by atoms with Gasteiger partial charge in [-0.1, -0.05) is 37.6 Å². The number of fused-ring (bicyclic) bond motifs is 2. The molecule has 2 N–H and O–H groups in total. The number of unbranched alkanes of at least 4 members (excludes halogenated alkanes) is 2. The second-order valence-electron chi connectivity index (χ2n) is 9.81. The van der Waals surface area contributed by atoms with Crippen molar-refractivity contribution in [3.63, 3.8) is 0 Å². The van der Waals surface area contributed by atoms with E-state index in [9.17, 15) is 15.0 Å². The predicted molar refractivity (Wildman–Crippen MR) is 139 cm³/mol. The van der Waals surface area contributed by atoms with Crippen LogP contribution in [0, 0.1) is 17.8 Å². The molecule has 0 radical (unpaired) electrons. The first kappa shape index (κ1) is 26.4. The van der Waals surface area contributed by atoms with Gasteiger partial charge in [-0.25, -0.2) is 0 Å². The van der Waals surface area contributed by atoms with E-state index < -0.39 is 5.79 Å². The fourth-order valence-corrected chi connectivity index (χ4v) is 6.09. The Bertz CT molecular complexity index is 1010. The average molecular weight is 495 g/mol. The normalized spacial score (nSPS) is 27.9. The van der Waals surface area contributed by atoms with Crippen molar-refractivity contribution in [1.82, 2.24) is 0 Å². The number of carbonyl (C=O) groups is 1. The minimum atomic E-state index is -1.10. The van der Waals surface area contributed by atoms with Crippen LogP contribution in [0.25, 0.3) is 0 Å². The Morgan fingerprint density at radius 2 is 1.78 bits per heavy atom. The van der Waals surface area contributed by atoms with Crippen molar-refractivity contribution < 1.29 is 29.2 Å². The molecule has 0 saturated carbocycles. The molecule has 36 heavy (non-hydrogen) atoms. The summed E-state index contributed by atoms with van der Waals surface area (Å²) in [6.45, 7) is 8.57.